The van der Waals surface area contributed by atoms with Gasteiger partial charge in [-0.3, -0.25) is 19.4 Å². The van der Waals surface area contributed by atoms with Gasteiger partial charge in [0, 0.05) is 79.7 Å². The number of carbonyl (C=O) groups is 3. The van der Waals surface area contributed by atoms with Gasteiger partial charge < -0.3 is 35.9 Å². The van der Waals surface area contributed by atoms with Crippen molar-refractivity contribution in [2.75, 3.05) is 25.5 Å². The number of amides is 3. The second-order valence-electron chi connectivity index (χ2n) is 13.2. The van der Waals surface area contributed by atoms with E-state index in [1.165, 1.54) is 0 Å². The van der Waals surface area contributed by atoms with Crippen molar-refractivity contribution in [2.24, 2.45) is 12.8 Å². The highest BCUT2D eigenvalue weighted by Gasteiger charge is 2.33. The number of ether oxygens (including phenoxy) is 1. The van der Waals surface area contributed by atoms with E-state index >= 15 is 0 Å². The normalized spacial score (nSPS) is 15.9. The molecule has 0 aliphatic carbocycles. The molecule has 1 atom stereocenters. The Morgan fingerprint density at radius 3 is 2.62 bits per heavy atom. The van der Waals surface area contributed by atoms with Crippen LogP contribution < -0.4 is 26.4 Å². The summed E-state index contributed by atoms with van der Waals surface area (Å²) in [6.45, 7) is 5.36. The largest absolute Gasteiger partial charge is 0.496 e. The fourth-order valence-corrected chi connectivity index (χ4v) is 7.03. The molecule has 0 bridgehead atoms. The fourth-order valence-electron chi connectivity index (χ4n) is 6.43. The van der Waals surface area contributed by atoms with E-state index in [1.54, 1.807) is 61.9 Å². The molecule has 0 radical (unpaired) electrons. The summed E-state index contributed by atoms with van der Waals surface area (Å²) in [7, 11) is 3.40. The highest BCUT2D eigenvalue weighted by molar-refractivity contribution is 6.39. The van der Waals surface area contributed by atoms with Gasteiger partial charge in [-0.1, -0.05) is 47.5 Å². The molecule has 2 aromatic carbocycles. The first kappa shape index (κ1) is 35.3. The Morgan fingerprint density at radius 2 is 1.90 bits per heavy atom. The molecule has 50 heavy (non-hydrogen) atoms. The average Bonchev–Trinajstić information content (AvgIpc) is 3.66. The number of nitrogens with one attached hydrogen (secondary N) is 3. The van der Waals surface area contributed by atoms with E-state index in [9.17, 15) is 14.4 Å². The first-order chi connectivity index (χ1) is 23.8. The van der Waals surface area contributed by atoms with Gasteiger partial charge in [-0.05, 0) is 38.5 Å². The molecule has 4 heterocycles. The van der Waals surface area contributed by atoms with Gasteiger partial charge in [0.05, 0.1) is 46.3 Å². The third kappa shape index (κ3) is 7.20. The molecule has 3 amide bonds. The van der Waals surface area contributed by atoms with Crippen LogP contribution in [0.1, 0.15) is 54.3 Å². The maximum Gasteiger partial charge on any atom is 0.291 e. The third-order valence-corrected chi connectivity index (χ3v) is 9.87. The zero-order valence-corrected chi connectivity index (χ0v) is 29.9. The summed E-state index contributed by atoms with van der Waals surface area (Å²) in [5, 5.41) is 9.97. The second kappa shape index (κ2) is 14.4. The van der Waals surface area contributed by atoms with Crippen LogP contribution in [0, 0.1) is 0 Å². The van der Waals surface area contributed by atoms with Crippen molar-refractivity contribution >= 4 is 46.6 Å². The van der Waals surface area contributed by atoms with E-state index < -0.39 is 11.4 Å². The van der Waals surface area contributed by atoms with Crippen molar-refractivity contribution < 1.29 is 19.1 Å². The number of fused-ring (bicyclic) bond motifs is 1. The summed E-state index contributed by atoms with van der Waals surface area (Å²) in [5.41, 5.74) is 10.5. The number of pyridine rings is 1. The SMILES string of the molecule is COc1cc(-c2nccc(-c3cccc(NC(=O)c4nc5c(n4C)CCN(C(=O)C(C)(C)N)C5)c3Cl)c2Cl)ccc1CNC[C@@H]1CCC(=O)N1. The first-order valence-corrected chi connectivity index (χ1v) is 17.2. The Bertz CT molecular complexity index is 1970. The maximum absolute atomic E-state index is 13.5. The molecule has 2 aliphatic rings. The van der Waals surface area contributed by atoms with Gasteiger partial charge in [0.15, 0.2) is 5.82 Å². The zero-order chi connectivity index (χ0) is 35.7. The first-order valence-electron chi connectivity index (χ1n) is 16.4. The van der Waals surface area contributed by atoms with Crippen LogP contribution in [0.5, 0.6) is 5.75 Å². The minimum Gasteiger partial charge on any atom is -0.496 e. The number of benzene rings is 2. The van der Waals surface area contributed by atoms with Crippen molar-refractivity contribution in [3.63, 3.8) is 0 Å². The van der Waals surface area contributed by atoms with Crippen LogP contribution in [0.2, 0.25) is 10.0 Å². The van der Waals surface area contributed by atoms with Crippen LogP contribution >= 0.6 is 23.2 Å². The van der Waals surface area contributed by atoms with Crippen LogP contribution in [0.25, 0.3) is 22.4 Å². The van der Waals surface area contributed by atoms with Crippen LogP contribution in [0.15, 0.2) is 48.7 Å². The van der Waals surface area contributed by atoms with Crippen molar-refractivity contribution in [3.05, 3.63) is 81.5 Å². The van der Waals surface area contributed by atoms with E-state index in [0.717, 1.165) is 23.2 Å². The van der Waals surface area contributed by atoms with Crippen LogP contribution in [-0.4, -0.2) is 68.9 Å². The minimum absolute atomic E-state index is 0.0891. The number of hydrogen-bond donors (Lipinski definition) is 4. The molecule has 0 spiro atoms. The summed E-state index contributed by atoms with van der Waals surface area (Å²) in [6, 6.07) is 13.0. The number of aromatic nitrogens is 3. The van der Waals surface area contributed by atoms with Crippen molar-refractivity contribution in [2.45, 2.75) is 57.8 Å². The molecule has 1 fully saturated rings. The number of imidazole rings is 1. The van der Waals surface area contributed by atoms with Crippen molar-refractivity contribution in [3.8, 4) is 28.1 Å². The van der Waals surface area contributed by atoms with E-state index in [1.807, 2.05) is 24.3 Å². The molecule has 12 nitrogen and oxygen atoms in total. The van der Waals surface area contributed by atoms with Crippen molar-refractivity contribution in [1.29, 1.82) is 0 Å². The molecular formula is C36H40Cl2N8O4. The topological polar surface area (TPSA) is 156 Å². The zero-order valence-electron chi connectivity index (χ0n) is 28.4. The fraction of sp³-hybridized carbons (Fsp3) is 0.361. The summed E-state index contributed by atoms with van der Waals surface area (Å²) in [5.74, 6) is 0.369. The van der Waals surface area contributed by atoms with Gasteiger partial charge in [0.2, 0.25) is 11.8 Å². The van der Waals surface area contributed by atoms with Crippen LogP contribution in [-0.2, 0) is 36.1 Å². The predicted molar refractivity (Wildman–Crippen MR) is 193 cm³/mol. The number of hydrogen-bond acceptors (Lipinski definition) is 8. The number of anilines is 1. The van der Waals surface area contributed by atoms with Crippen molar-refractivity contribution in [1.82, 2.24) is 30.1 Å². The van der Waals surface area contributed by atoms with Gasteiger partial charge in [0.25, 0.3) is 5.91 Å². The Kier molecular flexibility index (Phi) is 10.2. The van der Waals surface area contributed by atoms with E-state index in [2.05, 4.69) is 25.9 Å². The minimum atomic E-state index is -1.00. The summed E-state index contributed by atoms with van der Waals surface area (Å²) in [6.07, 6.45) is 3.60. The highest BCUT2D eigenvalue weighted by atomic mass is 35.5. The van der Waals surface area contributed by atoms with Gasteiger partial charge in [0.1, 0.15) is 5.75 Å². The molecular weight excluding hydrogens is 679 g/mol. The Balaban J connectivity index is 1.20. The number of halogens is 2. The Morgan fingerprint density at radius 1 is 1.12 bits per heavy atom. The predicted octanol–water partition coefficient (Wildman–Crippen LogP) is 4.71. The lowest BCUT2D eigenvalue weighted by Gasteiger charge is -2.31. The molecule has 2 aromatic heterocycles. The molecule has 4 aromatic rings. The molecule has 262 valence electrons. The molecule has 2 aliphatic heterocycles. The number of nitrogens with zero attached hydrogens (tertiary/aromatic N) is 4. The number of nitrogens with two attached hydrogens (primary N) is 1. The average molecular weight is 720 g/mol. The lowest BCUT2D eigenvalue weighted by Crippen LogP contribution is -2.52. The molecule has 5 N–H and O–H groups in total. The van der Waals surface area contributed by atoms with E-state index in [0.29, 0.717) is 76.5 Å². The number of rotatable bonds is 10. The third-order valence-electron chi connectivity index (χ3n) is 9.08. The lowest BCUT2D eigenvalue weighted by atomic mass is 10.0. The summed E-state index contributed by atoms with van der Waals surface area (Å²) >= 11 is 13.9. The second-order valence-corrected chi connectivity index (χ2v) is 13.9. The Labute approximate surface area is 300 Å². The number of carbonyl (C=O) groups excluding carboxylic acids is 3. The summed E-state index contributed by atoms with van der Waals surface area (Å²) < 4.78 is 7.46. The molecule has 6 rings (SSSR count). The smallest absolute Gasteiger partial charge is 0.291 e. The number of methoxy groups -OCH3 is 1. The Hall–Kier alpha value is -4.49. The van der Waals surface area contributed by atoms with Gasteiger partial charge >= 0.3 is 0 Å². The molecule has 0 saturated carbocycles. The van der Waals surface area contributed by atoms with Crippen LogP contribution in [0.4, 0.5) is 5.69 Å². The summed E-state index contributed by atoms with van der Waals surface area (Å²) in [4.78, 5) is 48.7. The standard InChI is InChI=1S/C36H40Cl2N8O4/c1-36(2,39)35(49)46-15-13-27-26(19-46)43-33(45(27)3)34(48)44-25-7-5-6-23(30(25)37)24-12-14-41-32(31(24)38)20-8-9-21(28(16-20)50-4)17-40-18-22-10-11-29(47)42-22/h5-9,12,14,16,22,40H,10-11,13,15,17-19,39H2,1-4H3,(H,42,47)(H,44,48)/t22-/m0/s1. The monoisotopic (exact) mass is 718 g/mol. The van der Waals surface area contributed by atoms with Crippen LogP contribution in [0.3, 0.4) is 0 Å². The molecule has 0 unspecified atom stereocenters. The molecule has 1 saturated heterocycles. The highest BCUT2D eigenvalue weighted by Crippen LogP contribution is 2.41. The van der Waals surface area contributed by atoms with Gasteiger partial charge in [-0.15, -0.1) is 0 Å². The van der Waals surface area contributed by atoms with Gasteiger partial charge in [-0.2, -0.15) is 0 Å². The van der Waals surface area contributed by atoms with Gasteiger partial charge in [-0.25, -0.2) is 4.98 Å². The van der Waals surface area contributed by atoms with E-state index in [-0.39, 0.29) is 30.2 Å². The molecule has 14 heteroatoms. The lowest BCUT2D eigenvalue weighted by molar-refractivity contribution is -0.136. The van der Waals surface area contributed by atoms with E-state index in [4.69, 9.17) is 33.7 Å². The quantitative estimate of drug-likeness (QED) is 0.184. The maximum atomic E-state index is 13.5.